The van der Waals surface area contributed by atoms with Gasteiger partial charge in [0.1, 0.15) is 11.5 Å². The second-order valence-electron chi connectivity index (χ2n) is 7.81. The lowest BCUT2D eigenvalue weighted by atomic mass is 9.93. The first kappa shape index (κ1) is 20.4. The normalized spacial score (nSPS) is 15.6. The maximum atomic E-state index is 11.1. The predicted octanol–water partition coefficient (Wildman–Crippen LogP) is 3.36. The van der Waals surface area contributed by atoms with E-state index < -0.39 is 0 Å². The summed E-state index contributed by atoms with van der Waals surface area (Å²) in [5.41, 5.74) is 5.64. The molecule has 9 heteroatoms. The molecule has 9 nitrogen and oxygen atoms in total. The van der Waals surface area contributed by atoms with Gasteiger partial charge in [0.15, 0.2) is 0 Å². The molecule has 0 radical (unpaired) electrons. The maximum Gasteiger partial charge on any atom is 0.123 e. The highest BCUT2D eigenvalue weighted by Crippen LogP contribution is 2.36. The zero-order chi connectivity index (χ0) is 22.2. The fourth-order valence-corrected chi connectivity index (χ4v) is 4.43. The minimum absolute atomic E-state index is 0.00422. The zero-order valence-electron chi connectivity index (χ0n) is 17.8. The number of fused-ring (bicyclic) bond motifs is 3. The monoisotopic (exact) mass is 434 g/mol. The molecule has 166 valence electrons. The minimum atomic E-state index is -0.199. The Balaban J connectivity index is 1.52. The standard InChI is InChI=1S/C23H24N5O4/c1-31-17-4-5-20-19(10-17)18-7-8-24-22(23(18)26-20)14-3-6-21(32-2)15(9-14)12-27-13-16(11-25-27)28(29)30/h3-6,9-11,13,22,24,26,29H,7-8,12H2,1-2H3/q-1. The molecule has 3 N–H and O–H groups in total. The van der Waals surface area contributed by atoms with Gasteiger partial charge in [-0.1, -0.05) is 6.07 Å². The molecule has 0 spiro atoms. The average molecular weight is 434 g/mol. The van der Waals surface area contributed by atoms with Gasteiger partial charge in [0.25, 0.3) is 0 Å². The largest absolute Gasteiger partial charge is 0.733 e. The predicted molar refractivity (Wildman–Crippen MR) is 120 cm³/mol. The number of rotatable bonds is 6. The first-order valence-corrected chi connectivity index (χ1v) is 10.3. The first-order valence-electron chi connectivity index (χ1n) is 10.3. The summed E-state index contributed by atoms with van der Waals surface area (Å²) in [6, 6.07) is 12.2. The third-order valence-corrected chi connectivity index (χ3v) is 5.97. The molecule has 0 amide bonds. The van der Waals surface area contributed by atoms with Crippen molar-refractivity contribution in [2.75, 3.05) is 26.0 Å². The van der Waals surface area contributed by atoms with Crippen LogP contribution < -0.4 is 20.0 Å². The number of aromatic amines is 1. The fourth-order valence-electron chi connectivity index (χ4n) is 4.43. The van der Waals surface area contributed by atoms with Gasteiger partial charge >= 0.3 is 0 Å². The molecule has 0 saturated carbocycles. The van der Waals surface area contributed by atoms with E-state index in [0.29, 0.717) is 6.54 Å². The van der Waals surface area contributed by atoms with Crippen molar-refractivity contribution in [2.24, 2.45) is 0 Å². The Morgan fingerprint density at radius 3 is 2.84 bits per heavy atom. The molecule has 0 saturated heterocycles. The molecule has 2 aromatic carbocycles. The summed E-state index contributed by atoms with van der Waals surface area (Å²) in [5.74, 6) is 1.57. The van der Waals surface area contributed by atoms with Gasteiger partial charge in [-0.15, -0.1) is 0 Å². The van der Waals surface area contributed by atoms with Gasteiger partial charge in [0.2, 0.25) is 0 Å². The average Bonchev–Trinajstić information content (AvgIpc) is 3.43. The Morgan fingerprint density at radius 1 is 1.22 bits per heavy atom. The Labute approximate surface area is 184 Å². The van der Waals surface area contributed by atoms with E-state index in [4.69, 9.17) is 14.7 Å². The van der Waals surface area contributed by atoms with Crippen molar-refractivity contribution in [1.29, 1.82) is 0 Å². The number of nitrogens with one attached hydrogen (secondary N) is 2. The molecule has 2 aromatic heterocycles. The summed E-state index contributed by atoms with van der Waals surface area (Å²) in [4.78, 5) is 3.59. The molecule has 0 aliphatic carbocycles. The molecule has 4 aromatic rings. The van der Waals surface area contributed by atoms with Crippen LogP contribution in [0.15, 0.2) is 48.8 Å². The van der Waals surface area contributed by atoms with Gasteiger partial charge in [-0.25, -0.2) is 0 Å². The molecule has 1 atom stereocenters. The van der Waals surface area contributed by atoms with Crippen LogP contribution in [0, 0.1) is 5.21 Å². The smallest absolute Gasteiger partial charge is 0.123 e. The van der Waals surface area contributed by atoms with Crippen molar-refractivity contribution in [2.45, 2.75) is 19.0 Å². The first-order chi connectivity index (χ1) is 15.6. The highest BCUT2D eigenvalue weighted by molar-refractivity contribution is 5.86. The van der Waals surface area contributed by atoms with Crippen LogP contribution in [-0.4, -0.2) is 40.7 Å². The fraction of sp³-hybridized carbons (Fsp3) is 0.261. The summed E-state index contributed by atoms with van der Waals surface area (Å²) < 4.78 is 12.6. The highest BCUT2D eigenvalue weighted by Gasteiger charge is 2.26. The molecule has 0 bridgehead atoms. The van der Waals surface area contributed by atoms with Gasteiger partial charge in [0, 0.05) is 28.7 Å². The lowest BCUT2D eigenvalue weighted by Gasteiger charge is -2.25. The lowest BCUT2D eigenvalue weighted by molar-refractivity contribution is 0.296. The van der Waals surface area contributed by atoms with E-state index in [2.05, 4.69) is 39.7 Å². The van der Waals surface area contributed by atoms with Crippen LogP contribution in [0.3, 0.4) is 0 Å². The van der Waals surface area contributed by atoms with Gasteiger partial charge in [0.05, 0.1) is 44.9 Å². The number of methoxy groups -OCH3 is 2. The third-order valence-electron chi connectivity index (χ3n) is 5.97. The molecule has 32 heavy (non-hydrogen) atoms. The number of hydrogen-bond acceptors (Lipinski definition) is 7. The Bertz CT molecular complexity index is 1260. The number of anilines is 1. The van der Waals surface area contributed by atoms with Gasteiger partial charge in [-0.05, 0) is 47.9 Å². The molecular weight excluding hydrogens is 410 g/mol. The van der Waals surface area contributed by atoms with Crippen LogP contribution in [0.2, 0.25) is 0 Å². The molecular formula is C23H24N5O4-. The van der Waals surface area contributed by atoms with Crippen molar-refractivity contribution in [1.82, 2.24) is 20.1 Å². The Hall–Kier alpha value is -3.53. The van der Waals surface area contributed by atoms with Crippen LogP contribution >= 0.6 is 0 Å². The number of ether oxygens (including phenoxy) is 2. The van der Waals surface area contributed by atoms with Crippen molar-refractivity contribution in [3.8, 4) is 11.5 Å². The maximum absolute atomic E-state index is 11.1. The molecule has 5 rings (SSSR count). The van der Waals surface area contributed by atoms with Gasteiger partial charge in [-0.3, -0.25) is 9.89 Å². The lowest BCUT2D eigenvalue weighted by Crippen LogP contribution is -2.30. The van der Waals surface area contributed by atoms with Crippen molar-refractivity contribution in [3.05, 3.63) is 76.4 Å². The summed E-state index contributed by atoms with van der Waals surface area (Å²) in [5, 5.41) is 29.0. The second kappa shape index (κ2) is 8.19. The van der Waals surface area contributed by atoms with E-state index in [-0.39, 0.29) is 17.0 Å². The molecule has 3 heterocycles. The van der Waals surface area contributed by atoms with Crippen molar-refractivity contribution in [3.63, 3.8) is 0 Å². The second-order valence-corrected chi connectivity index (χ2v) is 7.81. The topological polar surface area (TPSA) is 111 Å². The van der Waals surface area contributed by atoms with E-state index in [1.54, 1.807) is 18.9 Å². The number of nitrogens with zero attached hydrogens (tertiary/aromatic N) is 3. The van der Waals surface area contributed by atoms with E-state index in [1.165, 1.54) is 23.3 Å². The van der Waals surface area contributed by atoms with E-state index >= 15 is 0 Å². The number of benzene rings is 2. The Kier molecular flexibility index (Phi) is 5.22. The number of hydrogen-bond donors (Lipinski definition) is 3. The quantitative estimate of drug-likeness (QED) is 0.399. The molecule has 0 fully saturated rings. The van der Waals surface area contributed by atoms with E-state index in [9.17, 15) is 5.21 Å². The summed E-state index contributed by atoms with van der Waals surface area (Å²) in [6.07, 6.45) is 3.74. The van der Waals surface area contributed by atoms with E-state index in [0.717, 1.165) is 46.8 Å². The van der Waals surface area contributed by atoms with Crippen LogP contribution in [0.5, 0.6) is 11.5 Å². The summed E-state index contributed by atoms with van der Waals surface area (Å²) in [6.45, 7) is 1.26. The van der Waals surface area contributed by atoms with Crippen LogP contribution in [0.4, 0.5) is 5.69 Å². The van der Waals surface area contributed by atoms with Crippen LogP contribution in [0.25, 0.3) is 10.9 Å². The zero-order valence-corrected chi connectivity index (χ0v) is 17.8. The molecule has 1 unspecified atom stereocenters. The van der Waals surface area contributed by atoms with Crippen LogP contribution in [0.1, 0.15) is 28.4 Å². The molecule has 1 aliphatic heterocycles. The van der Waals surface area contributed by atoms with Gasteiger partial charge < -0.3 is 30.2 Å². The molecule has 1 aliphatic rings. The SMILES string of the molecule is COc1ccc2[nH]c3c(c2c1)CCNC3c1ccc(OC)c(Cn2cc(N([O-])O)cn2)c1. The highest BCUT2D eigenvalue weighted by atomic mass is 16.8. The Morgan fingerprint density at radius 2 is 2.09 bits per heavy atom. The summed E-state index contributed by atoms with van der Waals surface area (Å²) in [7, 11) is 3.31. The minimum Gasteiger partial charge on any atom is -0.733 e. The van der Waals surface area contributed by atoms with Crippen LogP contribution in [-0.2, 0) is 13.0 Å². The number of H-pyrrole nitrogens is 1. The summed E-state index contributed by atoms with van der Waals surface area (Å²) >= 11 is 0. The van der Waals surface area contributed by atoms with Gasteiger partial charge in [-0.2, -0.15) is 5.10 Å². The van der Waals surface area contributed by atoms with E-state index in [1.807, 2.05) is 12.1 Å². The van der Waals surface area contributed by atoms with Crippen molar-refractivity contribution < 1.29 is 14.7 Å². The number of aromatic nitrogens is 3. The van der Waals surface area contributed by atoms with Crippen molar-refractivity contribution >= 4 is 16.6 Å². The third kappa shape index (κ3) is 3.56.